The van der Waals surface area contributed by atoms with Crippen LogP contribution in [0.15, 0.2) is 42.5 Å². The highest BCUT2D eigenvalue weighted by Gasteiger charge is 2.25. The minimum absolute atomic E-state index is 0.0270. The lowest BCUT2D eigenvalue weighted by Crippen LogP contribution is -2.51. The van der Waals surface area contributed by atoms with Crippen LogP contribution in [0.4, 0.5) is 8.78 Å². The van der Waals surface area contributed by atoms with Crippen molar-refractivity contribution in [1.29, 1.82) is 0 Å². The molecule has 1 saturated heterocycles. The summed E-state index contributed by atoms with van der Waals surface area (Å²) < 4.78 is 27.3. The zero-order valence-corrected chi connectivity index (χ0v) is 16.9. The van der Waals surface area contributed by atoms with Crippen molar-refractivity contribution >= 4 is 22.7 Å². The fourth-order valence-electron chi connectivity index (χ4n) is 3.74. The Balaban J connectivity index is 1.23. The normalized spacial score (nSPS) is 14.7. The van der Waals surface area contributed by atoms with E-state index < -0.39 is 11.6 Å². The first-order chi connectivity index (χ1) is 15.0. The highest BCUT2D eigenvalue weighted by Crippen LogP contribution is 2.18. The van der Waals surface area contributed by atoms with E-state index in [1.165, 1.54) is 18.2 Å². The molecular weight excluding hydrogens is 404 g/mol. The van der Waals surface area contributed by atoms with Gasteiger partial charge in [0, 0.05) is 43.7 Å². The third-order valence-corrected chi connectivity index (χ3v) is 5.46. The Morgan fingerprint density at radius 1 is 1.00 bits per heavy atom. The maximum absolute atomic E-state index is 13.6. The second-order valence-corrected chi connectivity index (χ2v) is 7.49. The summed E-state index contributed by atoms with van der Waals surface area (Å²) in [5, 5.41) is 10.5. The van der Waals surface area contributed by atoms with Gasteiger partial charge in [-0.3, -0.25) is 19.6 Å². The zero-order chi connectivity index (χ0) is 21.8. The van der Waals surface area contributed by atoms with Crippen molar-refractivity contribution in [2.75, 3.05) is 39.3 Å². The number of aromatic nitrogens is 2. The number of para-hydroxylation sites is 1. The van der Waals surface area contributed by atoms with Gasteiger partial charge in [0.05, 0.1) is 12.1 Å². The van der Waals surface area contributed by atoms with E-state index in [9.17, 15) is 18.4 Å². The molecule has 1 fully saturated rings. The van der Waals surface area contributed by atoms with Crippen LogP contribution in [0.3, 0.4) is 0 Å². The monoisotopic (exact) mass is 427 g/mol. The van der Waals surface area contributed by atoms with Crippen molar-refractivity contribution in [3.8, 4) is 0 Å². The van der Waals surface area contributed by atoms with Gasteiger partial charge in [-0.2, -0.15) is 5.10 Å². The molecule has 0 aliphatic carbocycles. The molecule has 0 atom stereocenters. The molecule has 2 N–H and O–H groups in total. The van der Waals surface area contributed by atoms with E-state index in [0.717, 1.165) is 10.9 Å². The molecule has 7 nitrogen and oxygen atoms in total. The first kappa shape index (κ1) is 20.9. The predicted octanol–water partition coefficient (Wildman–Crippen LogP) is 1.96. The second-order valence-electron chi connectivity index (χ2n) is 7.49. The Morgan fingerprint density at radius 2 is 1.71 bits per heavy atom. The largest absolute Gasteiger partial charge is 0.355 e. The van der Waals surface area contributed by atoms with Gasteiger partial charge >= 0.3 is 0 Å². The van der Waals surface area contributed by atoms with Crippen molar-refractivity contribution in [2.45, 2.75) is 6.42 Å². The highest BCUT2D eigenvalue weighted by molar-refractivity contribution is 6.04. The Bertz CT molecular complexity index is 1070. The number of halogens is 2. The smallest absolute Gasteiger partial charge is 0.275 e. The van der Waals surface area contributed by atoms with Crippen LogP contribution in [0, 0.1) is 11.6 Å². The molecule has 1 aliphatic heterocycles. The van der Waals surface area contributed by atoms with Gasteiger partial charge in [0.25, 0.3) is 5.91 Å². The van der Waals surface area contributed by atoms with E-state index in [4.69, 9.17) is 0 Å². The van der Waals surface area contributed by atoms with Crippen molar-refractivity contribution in [3.05, 3.63) is 65.4 Å². The van der Waals surface area contributed by atoms with Gasteiger partial charge in [0.1, 0.15) is 11.6 Å². The maximum atomic E-state index is 13.6. The lowest BCUT2D eigenvalue weighted by atomic mass is 10.1. The van der Waals surface area contributed by atoms with Gasteiger partial charge in [-0.15, -0.1) is 0 Å². The summed E-state index contributed by atoms with van der Waals surface area (Å²) in [6.45, 7) is 2.43. The van der Waals surface area contributed by atoms with E-state index in [1.54, 1.807) is 4.90 Å². The summed E-state index contributed by atoms with van der Waals surface area (Å²) >= 11 is 0. The van der Waals surface area contributed by atoms with Crippen molar-refractivity contribution < 1.29 is 18.4 Å². The minimum Gasteiger partial charge on any atom is -0.355 e. The summed E-state index contributed by atoms with van der Waals surface area (Å²) in [5.41, 5.74) is 1.19. The Labute approximate surface area is 178 Å². The lowest BCUT2D eigenvalue weighted by molar-refractivity contribution is -0.122. The van der Waals surface area contributed by atoms with Gasteiger partial charge < -0.3 is 10.2 Å². The third kappa shape index (κ3) is 4.72. The van der Waals surface area contributed by atoms with Crippen LogP contribution in [0.5, 0.6) is 0 Å². The predicted molar refractivity (Wildman–Crippen MR) is 112 cm³/mol. The molecule has 4 rings (SSSR count). The molecule has 2 heterocycles. The molecular formula is C22H23F2N5O2. The number of nitrogens with zero attached hydrogens (tertiary/aromatic N) is 3. The topological polar surface area (TPSA) is 81.3 Å². The molecule has 0 unspecified atom stereocenters. The molecule has 1 aliphatic rings. The number of amides is 2. The fraction of sp³-hybridized carbons (Fsp3) is 0.318. The molecule has 162 valence electrons. The quantitative estimate of drug-likeness (QED) is 0.630. The average Bonchev–Trinajstić information content (AvgIpc) is 3.20. The summed E-state index contributed by atoms with van der Waals surface area (Å²) in [6, 6.07) is 11.2. The van der Waals surface area contributed by atoms with Crippen LogP contribution in [0.25, 0.3) is 10.9 Å². The Kier molecular flexibility index (Phi) is 6.22. The maximum Gasteiger partial charge on any atom is 0.275 e. The number of rotatable bonds is 6. The molecule has 3 aromatic rings. The number of carbonyl (C=O) groups is 2. The summed E-state index contributed by atoms with van der Waals surface area (Å²) in [5.74, 6) is -1.57. The molecule has 0 radical (unpaired) electrons. The number of piperazine rings is 1. The molecule has 0 saturated carbocycles. The van der Waals surface area contributed by atoms with Gasteiger partial charge in [-0.25, -0.2) is 8.78 Å². The van der Waals surface area contributed by atoms with Crippen LogP contribution in [0.1, 0.15) is 16.1 Å². The number of hydrogen-bond acceptors (Lipinski definition) is 4. The molecule has 31 heavy (non-hydrogen) atoms. The van der Waals surface area contributed by atoms with E-state index in [-0.39, 0.29) is 36.9 Å². The fourth-order valence-corrected chi connectivity index (χ4v) is 3.74. The van der Waals surface area contributed by atoms with Crippen LogP contribution < -0.4 is 5.32 Å². The van der Waals surface area contributed by atoms with Crippen LogP contribution >= 0.6 is 0 Å². The molecule has 2 amide bonds. The number of aromatic amines is 1. The van der Waals surface area contributed by atoms with Gasteiger partial charge in [-0.1, -0.05) is 24.3 Å². The SMILES string of the molecule is O=C(CN1CCN(C(=O)c2n[nH]c3ccccc23)CC1)NCCc1c(F)cccc1F. The van der Waals surface area contributed by atoms with E-state index in [2.05, 4.69) is 15.5 Å². The van der Waals surface area contributed by atoms with E-state index in [1.807, 2.05) is 29.2 Å². The number of nitrogens with one attached hydrogen (secondary N) is 2. The first-order valence-electron chi connectivity index (χ1n) is 10.2. The van der Waals surface area contributed by atoms with Crippen LogP contribution in [0.2, 0.25) is 0 Å². The van der Waals surface area contributed by atoms with Crippen molar-refractivity contribution in [2.24, 2.45) is 0 Å². The van der Waals surface area contributed by atoms with E-state index >= 15 is 0 Å². The van der Waals surface area contributed by atoms with Gasteiger partial charge in [-0.05, 0) is 24.6 Å². The number of benzene rings is 2. The summed E-state index contributed by atoms with van der Waals surface area (Å²) in [7, 11) is 0. The molecule has 1 aromatic heterocycles. The minimum atomic E-state index is -0.611. The molecule has 0 bridgehead atoms. The molecule has 2 aromatic carbocycles. The zero-order valence-electron chi connectivity index (χ0n) is 16.9. The lowest BCUT2D eigenvalue weighted by Gasteiger charge is -2.34. The van der Waals surface area contributed by atoms with Crippen molar-refractivity contribution in [3.63, 3.8) is 0 Å². The van der Waals surface area contributed by atoms with Crippen LogP contribution in [-0.2, 0) is 11.2 Å². The molecule has 0 spiro atoms. The average molecular weight is 427 g/mol. The number of hydrogen-bond donors (Lipinski definition) is 2. The first-order valence-corrected chi connectivity index (χ1v) is 10.2. The van der Waals surface area contributed by atoms with Crippen molar-refractivity contribution in [1.82, 2.24) is 25.3 Å². The number of carbonyl (C=O) groups excluding carboxylic acids is 2. The molecule has 9 heteroatoms. The van der Waals surface area contributed by atoms with Crippen LogP contribution in [-0.4, -0.2) is 71.1 Å². The standard InChI is InChI=1S/C22H23F2N5O2/c23-17-5-3-6-18(24)15(17)8-9-25-20(30)14-28-10-12-29(13-11-28)22(31)21-16-4-1-2-7-19(16)26-27-21/h1-7H,8-14H2,(H,25,30)(H,26,27). The Morgan fingerprint density at radius 3 is 2.45 bits per heavy atom. The highest BCUT2D eigenvalue weighted by atomic mass is 19.1. The van der Waals surface area contributed by atoms with Gasteiger partial charge in [0.2, 0.25) is 5.91 Å². The second kappa shape index (κ2) is 9.22. The van der Waals surface area contributed by atoms with E-state index in [0.29, 0.717) is 31.9 Å². The number of H-pyrrole nitrogens is 1. The number of fused-ring (bicyclic) bond motifs is 1. The Hall–Kier alpha value is -3.33. The third-order valence-electron chi connectivity index (χ3n) is 5.46. The summed E-state index contributed by atoms with van der Waals surface area (Å²) in [4.78, 5) is 28.7. The summed E-state index contributed by atoms with van der Waals surface area (Å²) in [6.07, 6.45) is 0.0874. The van der Waals surface area contributed by atoms with Gasteiger partial charge in [0.15, 0.2) is 5.69 Å².